The average Bonchev–Trinajstić information content (AvgIpc) is 3.48. The predicted octanol–water partition coefficient (Wildman–Crippen LogP) is 25.7. The molecule has 0 radical (unpaired) electrons. The van der Waals surface area contributed by atoms with E-state index in [0.29, 0.717) is 19.3 Å². The van der Waals surface area contributed by atoms with Gasteiger partial charge in [-0.1, -0.05) is 379 Å². The summed E-state index contributed by atoms with van der Waals surface area (Å²) >= 11 is 0. The van der Waals surface area contributed by atoms with Crippen molar-refractivity contribution < 1.29 is 28.6 Å². The van der Waals surface area contributed by atoms with Gasteiger partial charge in [-0.3, -0.25) is 14.4 Å². The van der Waals surface area contributed by atoms with Gasteiger partial charge in [0, 0.05) is 19.3 Å². The molecule has 1 unspecified atom stereocenters. The molecule has 6 heteroatoms. The van der Waals surface area contributed by atoms with Crippen LogP contribution in [-0.2, 0) is 28.6 Å². The van der Waals surface area contributed by atoms with Crippen molar-refractivity contribution >= 4 is 17.9 Å². The molecule has 6 nitrogen and oxygen atoms in total. The van der Waals surface area contributed by atoms with Crippen molar-refractivity contribution in [3.8, 4) is 0 Å². The van der Waals surface area contributed by atoms with Crippen LogP contribution in [0.5, 0.6) is 0 Å². The highest BCUT2D eigenvalue weighted by Crippen LogP contribution is 2.19. The first-order valence-corrected chi connectivity index (χ1v) is 37.3. The molecule has 0 aromatic carbocycles. The summed E-state index contributed by atoms with van der Waals surface area (Å²) < 4.78 is 17.0. The van der Waals surface area contributed by atoms with Gasteiger partial charge in [-0.05, 0) is 51.4 Å². The third kappa shape index (κ3) is 68.7. The van der Waals surface area contributed by atoms with E-state index in [1.165, 1.54) is 321 Å². The lowest BCUT2D eigenvalue weighted by Crippen LogP contribution is -2.30. The highest BCUT2D eigenvalue weighted by molar-refractivity contribution is 5.71. The maximum absolute atomic E-state index is 12.9. The van der Waals surface area contributed by atoms with Crippen LogP contribution in [0.2, 0.25) is 0 Å². The van der Waals surface area contributed by atoms with E-state index in [4.69, 9.17) is 14.2 Å². The smallest absolute Gasteiger partial charge is 0.306 e. The van der Waals surface area contributed by atoms with Crippen molar-refractivity contribution in [2.45, 2.75) is 431 Å². The largest absolute Gasteiger partial charge is 0.462 e. The van der Waals surface area contributed by atoms with E-state index in [9.17, 15) is 14.4 Å². The van der Waals surface area contributed by atoms with Crippen molar-refractivity contribution in [2.75, 3.05) is 13.2 Å². The van der Waals surface area contributed by atoms with Gasteiger partial charge in [0.05, 0.1) is 0 Å². The molecule has 82 heavy (non-hydrogen) atoms. The quantitative estimate of drug-likeness (QED) is 0.0261. The fourth-order valence-corrected chi connectivity index (χ4v) is 11.6. The molecule has 0 aromatic rings. The number of unbranched alkanes of at least 4 members (excludes halogenated alkanes) is 55. The molecular formula is C76H144O6. The molecule has 0 rings (SSSR count). The minimum absolute atomic E-state index is 0.0666. The minimum atomic E-state index is -0.770. The summed E-state index contributed by atoms with van der Waals surface area (Å²) in [5, 5.41) is 0. The highest BCUT2D eigenvalue weighted by atomic mass is 16.6. The second kappa shape index (κ2) is 71.4. The Labute approximate surface area is 513 Å². The first-order chi connectivity index (χ1) is 40.5. The average molecular weight is 1150 g/mol. The summed E-state index contributed by atoms with van der Waals surface area (Å²) in [5.74, 6) is -0.840. The fraction of sp³-hybridized carbons (Fsp3) is 0.908. The Balaban J connectivity index is 4.08. The molecule has 0 aliphatic heterocycles. The second-order valence-electron chi connectivity index (χ2n) is 25.6. The van der Waals surface area contributed by atoms with Crippen molar-refractivity contribution in [2.24, 2.45) is 0 Å². The van der Waals surface area contributed by atoms with Crippen LogP contribution in [0.25, 0.3) is 0 Å². The molecule has 0 saturated carbocycles. The summed E-state index contributed by atoms with van der Waals surface area (Å²) in [6.45, 7) is 6.70. The Hall–Kier alpha value is -2.11. The van der Waals surface area contributed by atoms with Gasteiger partial charge >= 0.3 is 17.9 Å². The zero-order valence-corrected chi connectivity index (χ0v) is 55.8. The van der Waals surface area contributed by atoms with Crippen molar-refractivity contribution in [1.29, 1.82) is 0 Å². The topological polar surface area (TPSA) is 78.9 Å². The van der Waals surface area contributed by atoms with Crippen LogP contribution in [0.15, 0.2) is 24.3 Å². The van der Waals surface area contributed by atoms with E-state index < -0.39 is 6.10 Å². The molecule has 0 heterocycles. The third-order valence-corrected chi connectivity index (χ3v) is 17.2. The van der Waals surface area contributed by atoms with Crippen LogP contribution < -0.4 is 0 Å². The lowest BCUT2D eigenvalue weighted by atomic mass is 10.0. The summed E-state index contributed by atoms with van der Waals surface area (Å²) in [6.07, 6.45) is 88.1. The molecule has 1 atom stereocenters. The SMILES string of the molecule is CCCCCCC/C=C\C/C=C\CCCCCCCCCCCC(=O)OC(COC(=O)CCCCCCCCCCCCC)COC(=O)CCCCCCCCCCCCCCCCCCCCCCCCCCCCCCCCCC. The molecule has 0 aromatic heterocycles. The molecule has 0 spiro atoms. The van der Waals surface area contributed by atoms with Crippen LogP contribution >= 0.6 is 0 Å². The number of carbonyl (C=O) groups excluding carboxylic acids is 3. The molecule has 484 valence electrons. The van der Waals surface area contributed by atoms with E-state index in [1.54, 1.807) is 0 Å². The zero-order chi connectivity index (χ0) is 59.2. The summed E-state index contributed by atoms with van der Waals surface area (Å²) in [4.78, 5) is 38.4. The Morgan fingerprint density at radius 3 is 0.671 bits per heavy atom. The van der Waals surface area contributed by atoms with E-state index in [0.717, 1.165) is 64.2 Å². The molecule has 0 bridgehead atoms. The molecule has 0 N–H and O–H groups in total. The summed E-state index contributed by atoms with van der Waals surface area (Å²) in [6, 6.07) is 0. The zero-order valence-electron chi connectivity index (χ0n) is 55.8. The van der Waals surface area contributed by atoms with Crippen molar-refractivity contribution in [3.63, 3.8) is 0 Å². The lowest BCUT2D eigenvalue weighted by molar-refractivity contribution is -0.167. The number of hydrogen-bond acceptors (Lipinski definition) is 6. The number of carbonyl (C=O) groups is 3. The fourth-order valence-electron chi connectivity index (χ4n) is 11.6. The van der Waals surface area contributed by atoms with Gasteiger partial charge in [0.2, 0.25) is 0 Å². The highest BCUT2D eigenvalue weighted by Gasteiger charge is 2.20. The second-order valence-corrected chi connectivity index (χ2v) is 25.6. The first-order valence-electron chi connectivity index (χ1n) is 37.3. The molecule has 0 aliphatic carbocycles. The summed E-state index contributed by atoms with van der Waals surface area (Å²) in [7, 11) is 0. The Kier molecular flexibility index (Phi) is 69.5. The van der Waals surface area contributed by atoms with E-state index in [1.807, 2.05) is 0 Å². The van der Waals surface area contributed by atoms with Gasteiger partial charge in [0.25, 0.3) is 0 Å². The number of esters is 3. The third-order valence-electron chi connectivity index (χ3n) is 17.2. The van der Waals surface area contributed by atoms with Crippen LogP contribution in [0, 0.1) is 0 Å². The van der Waals surface area contributed by atoms with Crippen LogP contribution in [-0.4, -0.2) is 37.2 Å². The number of ether oxygens (including phenoxy) is 3. The van der Waals surface area contributed by atoms with Crippen LogP contribution in [0.1, 0.15) is 425 Å². The van der Waals surface area contributed by atoms with Gasteiger partial charge in [-0.25, -0.2) is 0 Å². The lowest BCUT2D eigenvalue weighted by Gasteiger charge is -2.18. The summed E-state index contributed by atoms with van der Waals surface area (Å²) in [5.41, 5.74) is 0. The number of hydrogen-bond donors (Lipinski definition) is 0. The van der Waals surface area contributed by atoms with E-state index in [-0.39, 0.29) is 31.1 Å². The van der Waals surface area contributed by atoms with Gasteiger partial charge in [0.15, 0.2) is 6.10 Å². The molecule has 0 fully saturated rings. The molecule has 0 aliphatic rings. The number of allylic oxidation sites excluding steroid dienone is 4. The van der Waals surface area contributed by atoms with Gasteiger partial charge in [0.1, 0.15) is 13.2 Å². The Morgan fingerprint density at radius 1 is 0.244 bits per heavy atom. The Morgan fingerprint density at radius 2 is 0.439 bits per heavy atom. The van der Waals surface area contributed by atoms with Gasteiger partial charge in [-0.2, -0.15) is 0 Å². The molecule has 0 saturated heterocycles. The normalized spacial score (nSPS) is 12.1. The maximum Gasteiger partial charge on any atom is 0.306 e. The Bertz CT molecular complexity index is 1320. The standard InChI is InChI=1S/C76H144O6/c1-4-7-10-13-16-19-22-24-26-28-30-32-33-34-35-36-37-38-39-40-41-42-44-45-47-49-51-54-57-60-63-66-69-75(78)81-72-73(71-80-74(77)68-65-62-59-56-53-21-18-15-12-9-6-3)82-76(79)70-67-64-61-58-55-52-50-48-46-43-31-29-27-25-23-20-17-14-11-8-5-2/h23,25,29,31,73H,4-22,24,26-28,30,32-72H2,1-3H3/b25-23-,31-29-. The monoisotopic (exact) mass is 1150 g/mol. The number of rotatable bonds is 70. The maximum atomic E-state index is 12.9. The molecular weight excluding hydrogens is 1010 g/mol. The van der Waals surface area contributed by atoms with Crippen LogP contribution in [0.3, 0.4) is 0 Å². The molecule has 0 amide bonds. The predicted molar refractivity (Wildman–Crippen MR) is 358 cm³/mol. The minimum Gasteiger partial charge on any atom is -0.462 e. The first kappa shape index (κ1) is 79.9. The van der Waals surface area contributed by atoms with Gasteiger partial charge < -0.3 is 14.2 Å². The van der Waals surface area contributed by atoms with Crippen molar-refractivity contribution in [1.82, 2.24) is 0 Å². The van der Waals surface area contributed by atoms with Gasteiger partial charge in [-0.15, -0.1) is 0 Å². The van der Waals surface area contributed by atoms with Crippen molar-refractivity contribution in [3.05, 3.63) is 24.3 Å². The van der Waals surface area contributed by atoms with Crippen LogP contribution in [0.4, 0.5) is 0 Å². The van der Waals surface area contributed by atoms with E-state index >= 15 is 0 Å². The van der Waals surface area contributed by atoms with E-state index in [2.05, 4.69) is 45.1 Å².